The standard InChI is InChI=1S/C12H22O6/c1-5(2)7(13)11-9(15)8(14)10(16)12(18-11)17-6(3)4/h5-6,8-12,14-16H,1-4H3/t8?,9-,10-,11?,12+/m0/s1. The van der Waals surface area contributed by atoms with Crippen LogP contribution in [-0.2, 0) is 14.3 Å². The van der Waals surface area contributed by atoms with Crippen LogP contribution in [0.1, 0.15) is 27.7 Å². The lowest BCUT2D eigenvalue weighted by atomic mass is 9.92. The Hall–Kier alpha value is -0.530. The van der Waals surface area contributed by atoms with E-state index in [-0.39, 0.29) is 17.8 Å². The Morgan fingerprint density at radius 2 is 1.61 bits per heavy atom. The maximum Gasteiger partial charge on any atom is 0.187 e. The van der Waals surface area contributed by atoms with Gasteiger partial charge in [-0.2, -0.15) is 0 Å². The van der Waals surface area contributed by atoms with E-state index >= 15 is 0 Å². The topological polar surface area (TPSA) is 96.2 Å². The molecule has 0 aromatic rings. The maximum absolute atomic E-state index is 11.9. The molecular formula is C12H22O6. The number of hydrogen-bond acceptors (Lipinski definition) is 6. The third-order valence-electron chi connectivity index (χ3n) is 2.83. The van der Waals surface area contributed by atoms with E-state index in [0.29, 0.717) is 0 Å². The first-order chi connectivity index (χ1) is 8.25. The molecule has 0 bridgehead atoms. The van der Waals surface area contributed by atoms with Crippen LogP contribution in [0.2, 0.25) is 0 Å². The largest absolute Gasteiger partial charge is 0.387 e. The monoisotopic (exact) mass is 262 g/mol. The van der Waals surface area contributed by atoms with E-state index in [9.17, 15) is 20.1 Å². The van der Waals surface area contributed by atoms with Gasteiger partial charge in [-0.25, -0.2) is 0 Å². The van der Waals surface area contributed by atoms with E-state index in [1.165, 1.54) is 0 Å². The summed E-state index contributed by atoms with van der Waals surface area (Å²) in [6.45, 7) is 6.84. The summed E-state index contributed by atoms with van der Waals surface area (Å²) >= 11 is 0. The van der Waals surface area contributed by atoms with Crippen molar-refractivity contribution in [2.75, 3.05) is 0 Å². The van der Waals surface area contributed by atoms with Crippen LogP contribution in [0.25, 0.3) is 0 Å². The molecule has 1 rings (SSSR count). The summed E-state index contributed by atoms with van der Waals surface area (Å²) in [5.41, 5.74) is 0. The first-order valence-electron chi connectivity index (χ1n) is 6.14. The van der Waals surface area contributed by atoms with Gasteiger partial charge in [0, 0.05) is 5.92 Å². The lowest BCUT2D eigenvalue weighted by Crippen LogP contribution is -2.61. The van der Waals surface area contributed by atoms with Gasteiger partial charge in [0.05, 0.1) is 6.10 Å². The van der Waals surface area contributed by atoms with Gasteiger partial charge in [-0.1, -0.05) is 13.8 Å². The van der Waals surface area contributed by atoms with Crippen molar-refractivity contribution in [2.24, 2.45) is 5.92 Å². The molecule has 5 atom stereocenters. The van der Waals surface area contributed by atoms with Gasteiger partial charge < -0.3 is 24.8 Å². The quantitative estimate of drug-likeness (QED) is 0.629. The van der Waals surface area contributed by atoms with Crippen molar-refractivity contribution in [3.8, 4) is 0 Å². The zero-order valence-corrected chi connectivity index (χ0v) is 11.1. The van der Waals surface area contributed by atoms with E-state index in [0.717, 1.165) is 0 Å². The van der Waals surface area contributed by atoms with Gasteiger partial charge in [0.2, 0.25) is 0 Å². The summed E-state index contributed by atoms with van der Waals surface area (Å²) in [7, 11) is 0. The number of Topliss-reactive ketones (excluding diaryl/α,β-unsaturated/α-hetero) is 1. The molecule has 0 spiro atoms. The number of ether oxygens (including phenoxy) is 2. The second kappa shape index (κ2) is 6.08. The summed E-state index contributed by atoms with van der Waals surface area (Å²) in [4.78, 5) is 11.9. The van der Waals surface area contributed by atoms with Crippen LogP contribution < -0.4 is 0 Å². The zero-order valence-electron chi connectivity index (χ0n) is 11.1. The number of aliphatic hydroxyl groups excluding tert-OH is 3. The van der Waals surface area contributed by atoms with Crippen molar-refractivity contribution < 1.29 is 29.6 Å². The molecule has 1 aliphatic rings. The van der Waals surface area contributed by atoms with Gasteiger partial charge in [0.25, 0.3) is 0 Å². The van der Waals surface area contributed by atoms with Gasteiger partial charge >= 0.3 is 0 Å². The first kappa shape index (κ1) is 15.5. The second-order valence-corrected chi connectivity index (χ2v) is 5.14. The van der Waals surface area contributed by atoms with Crippen molar-refractivity contribution in [2.45, 2.75) is 64.5 Å². The summed E-state index contributed by atoms with van der Waals surface area (Å²) in [6.07, 6.45) is -6.80. The Morgan fingerprint density at radius 3 is 2.06 bits per heavy atom. The minimum absolute atomic E-state index is 0.234. The van der Waals surface area contributed by atoms with Gasteiger partial charge in [-0.3, -0.25) is 4.79 Å². The van der Waals surface area contributed by atoms with Gasteiger partial charge in [-0.15, -0.1) is 0 Å². The Bertz CT molecular complexity index is 290. The summed E-state index contributed by atoms with van der Waals surface area (Å²) < 4.78 is 10.6. The predicted octanol–water partition coefficient (Wildman–Crippen LogP) is -0.556. The first-order valence-corrected chi connectivity index (χ1v) is 6.14. The molecular weight excluding hydrogens is 240 g/mol. The predicted molar refractivity (Wildman–Crippen MR) is 62.7 cm³/mol. The van der Waals surface area contributed by atoms with Crippen LogP contribution in [-0.4, -0.2) is 57.9 Å². The highest BCUT2D eigenvalue weighted by atomic mass is 16.7. The van der Waals surface area contributed by atoms with Gasteiger partial charge in [0.15, 0.2) is 12.1 Å². The number of carbonyl (C=O) groups excluding carboxylic acids is 1. The highest BCUT2D eigenvalue weighted by Gasteiger charge is 2.47. The molecule has 0 aliphatic carbocycles. The molecule has 3 N–H and O–H groups in total. The minimum atomic E-state index is -1.46. The summed E-state index contributed by atoms with van der Waals surface area (Å²) in [5.74, 6) is -0.669. The van der Waals surface area contributed by atoms with Crippen LogP contribution in [0.3, 0.4) is 0 Å². The average Bonchev–Trinajstić information content (AvgIpc) is 2.28. The number of carbonyl (C=O) groups is 1. The van der Waals surface area contributed by atoms with Crippen molar-refractivity contribution in [1.29, 1.82) is 0 Å². The van der Waals surface area contributed by atoms with Gasteiger partial charge in [0.1, 0.15) is 24.4 Å². The van der Waals surface area contributed by atoms with E-state index in [1.54, 1.807) is 27.7 Å². The number of aliphatic hydroxyl groups is 3. The van der Waals surface area contributed by atoms with Gasteiger partial charge in [-0.05, 0) is 13.8 Å². The van der Waals surface area contributed by atoms with Crippen molar-refractivity contribution >= 4 is 5.78 Å². The van der Waals surface area contributed by atoms with E-state index < -0.39 is 30.7 Å². The Kier molecular flexibility index (Phi) is 5.24. The normalized spacial score (nSPS) is 37.3. The average molecular weight is 262 g/mol. The minimum Gasteiger partial charge on any atom is -0.387 e. The molecule has 1 heterocycles. The Morgan fingerprint density at radius 1 is 1.06 bits per heavy atom. The fraction of sp³-hybridized carbons (Fsp3) is 0.917. The Balaban J connectivity index is 2.83. The molecule has 18 heavy (non-hydrogen) atoms. The number of hydrogen-bond donors (Lipinski definition) is 3. The highest BCUT2D eigenvalue weighted by molar-refractivity contribution is 5.85. The lowest BCUT2D eigenvalue weighted by molar-refractivity contribution is -0.298. The molecule has 1 saturated heterocycles. The fourth-order valence-electron chi connectivity index (χ4n) is 1.79. The van der Waals surface area contributed by atoms with Crippen molar-refractivity contribution in [3.05, 3.63) is 0 Å². The maximum atomic E-state index is 11.9. The fourth-order valence-corrected chi connectivity index (χ4v) is 1.79. The molecule has 1 fully saturated rings. The molecule has 0 aromatic carbocycles. The second-order valence-electron chi connectivity index (χ2n) is 5.14. The van der Waals surface area contributed by atoms with Crippen LogP contribution in [0.5, 0.6) is 0 Å². The molecule has 0 radical (unpaired) electrons. The Labute approximate surface area is 107 Å². The molecule has 2 unspecified atom stereocenters. The van der Waals surface area contributed by atoms with Crippen molar-refractivity contribution in [1.82, 2.24) is 0 Å². The highest BCUT2D eigenvalue weighted by Crippen LogP contribution is 2.25. The number of ketones is 1. The lowest BCUT2D eigenvalue weighted by Gasteiger charge is -2.40. The molecule has 6 nitrogen and oxygen atoms in total. The third kappa shape index (κ3) is 3.27. The summed E-state index contributed by atoms with van der Waals surface area (Å²) in [5, 5.41) is 29.2. The zero-order chi connectivity index (χ0) is 14.0. The van der Waals surface area contributed by atoms with Crippen LogP contribution >= 0.6 is 0 Å². The van der Waals surface area contributed by atoms with E-state index in [2.05, 4.69) is 0 Å². The molecule has 6 heteroatoms. The molecule has 0 saturated carbocycles. The molecule has 0 aromatic heterocycles. The molecule has 106 valence electrons. The molecule has 0 amide bonds. The third-order valence-corrected chi connectivity index (χ3v) is 2.83. The van der Waals surface area contributed by atoms with E-state index in [1.807, 2.05) is 0 Å². The number of rotatable bonds is 4. The van der Waals surface area contributed by atoms with Crippen LogP contribution in [0.4, 0.5) is 0 Å². The SMILES string of the molecule is CC(C)O[C@@H]1OC(C(=O)C(C)C)[C@@H](O)C(O)[C@@H]1O. The van der Waals surface area contributed by atoms with E-state index in [4.69, 9.17) is 9.47 Å². The molecule has 1 aliphatic heterocycles. The van der Waals surface area contributed by atoms with Crippen molar-refractivity contribution in [3.63, 3.8) is 0 Å². The van der Waals surface area contributed by atoms with Crippen LogP contribution in [0, 0.1) is 5.92 Å². The smallest absolute Gasteiger partial charge is 0.187 e. The van der Waals surface area contributed by atoms with Crippen LogP contribution in [0.15, 0.2) is 0 Å². The summed E-state index contributed by atoms with van der Waals surface area (Å²) in [6, 6.07) is 0.